The van der Waals surface area contributed by atoms with E-state index in [0.717, 1.165) is 7.11 Å². The number of alkyl halides is 6. The van der Waals surface area contributed by atoms with Crippen LogP contribution in [-0.2, 0) is 4.74 Å². The number of nitrogens with one attached hydrogen (secondary N) is 1. The van der Waals surface area contributed by atoms with Crippen LogP contribution in [0.25, 0.3) is 0 Å². The largest absolute Gasteiger partial charge is 0.390 e. The number of methoxy groups -OCH3 is 1. The Kier molecular flexibility index (Phi) is 5.93. The Bertz CT molecular complexity index is 232. The summed E-state index contributed by atoms with van der Waals surface area (Å²) in [6.07, 6.45) is -12.6. The molecular formula is C10H17F6NO. The molecule has 0 saturated heterocycles. The monoisotopic (exact) mass is 281 g/mol. The van der Waals surface area contributed by atoms with Gasteiger partial charge in [-0.2, -0.15) is 26.3 Å². The average molecular weight is 281 g/mol. The van der Waals surface area contributed by atoms with E-state index in [9.17, 15) is 26.3 Å². The van der Waals surface area contributed by atoms with Gasteiger partial charge in [-0.3, -0.25) is 0 Å². The summed E-state index contributed by atoms with van der Waals surface area (Å²) in [4.78, 5) is 0. The zero-order valence-electron chi connectivity index (χ0n) is 10.4. The first-order valence-corrected chi connectivity index (χ1v) is 5.29. The van der Waals surface area contributed by atoms with Crippen molar-refractivity contribution in [2.24, 2.45) is 0 Å². The lowest BCUT2D eigenvalue weighted by atomic mass is 9.90. The SMILES string of the molecule is COCC(CC(F)(F)F)(CC(F)(F)F)NC(C)C. The minimum absolute atomic E-state index is 0.523. The first kappa shape index (κ1) is 17.5. The Labute approximate surface area is 102 Å². The molecule has 0 spiro atoms. The number of ether oxygens (including phenoxy) is 1. The highest BCUT2D eigenvalue weighted by Gasteiger charge is 2.49. The fraction of sp³-hybridized carbons (Fsp3) is 1.00. The molecule has 0 unspecified atom stereocenters. The topological polar surface area (TPSA) is 21.3 Å². The summed E-state index contributed by atoms with van der Waals surface area (Å²) in [7, 11) is 1.07. The van der Waals surface area contributed by atoms with E-state index >= 15 is 0 Å². The molecule has 0 aliphatic heterocycles. The number of rotatable bonds is 6. The van der Waals surface area contributed by atoms with Crippen LogP contribution < -0.4 is 5.32 Å². The summed E-state index contributed by atoms with van der Waals surface area (Å²) < 4.78 is 79.2. The molecule has 0 amide bonds. The Morgan fingerprint density at radius 1 is 0.944 bits per heavy atom. The van der Waals surface area contributed by atoms with Gasteiger partial charge in [-0.1, -0.05) is 13.8 Å². The third kappa shape index (κ3) is 7.75. The molecule has 0 radical (unpaired) electrons. The Morgan fingerprint density at radius 3 is 1.56 bits per heavy atom. The van der Waals surface area contributed by atoms with E-state index in [-0.39, 0.29) is 0 Å². The summed E-state index contributed by atoms with van der Waals surface area (Å²) in [5.41, 5.74) is -2.18. The minimum Gasteiger partial charge on any atom is -0.383 e. The molecule has 0 aliphatic carbocycles. The van der Waals surface area contributed by atoms with Gasteiger partial charge < -0.3 is 10.1 Å². The second-order valence-corrected chi connectivity index (χ2v) is 4.60. The summed E-state index contributed by atoms with van der Waals surface area (Å²) >= 11 is 0. The van der Waals surface area contributed by atoms with Crippen LogP contribution in [0, 0.1) is 0 Å². The van der Waals surface area contributed by atoms with Crippen molar-refractivity contribution in [3.05, 3.63) is 0 Å². The number of halogens is 6. The van der Waals surface area contributed by atoms with Crippen LogP contribution in [0.1, 0.15) is 26.7 Å². The molecule has 0 rings (SSSR count). The van der Waals surface area contributed by atoms with Gasteiger partial charge in [0.05, 0.1) is 25.0 Å². The van der Waals surface area contributed by atoms with E-state index in [1.54, 1.807) is 0 Å². The summed E-state index contributed by atoms with van der Waals surface area (Å²) in [6.45, 7) is 2.30. The molecule has 0 heterocycles. The van der Waals surface area contributed by atoms with Crippen molar-refractivity contribution in [1.29, 1.82) is 0 Å². The van der Waals surface area contributed by atoms with E-state index in [1.165, 1.54) is 13.8 Å². The van der Waals surface area contributed by atoms with E-state index in [0.29, 0.717) is 0 Å². The van der Waals surface area contributed by atoms with Gasteiger partial charge >= 0.3 is 12.4 Å². The van der Waals surface area contributed by atoms with Crippen molar-refractivity contribution in [2.45, 2.75) is 50.6 Å². The zero-order chi connectivity index (χ0) is 14.6. The molecule has 0 aromatic rings. The van der Waals surface area contributed by atoms with Crippen molar-refractivity contribution >= 4 is 0 Å². The zero-order valence-corrected chi connectivity index (χ0v) is 10.4. The van der Waals surface area contributed by atoms with Gasteiger partial charge in [-0.15, -0.1) is 0 Å². The highest BCUT2D eigenvalue weighted by molar-refractivity contribution is 4.93. The van der Waals surface area contributed by atoms with Crippen LogP contribution in [0.15, 0.2) is 0 Å². The fourth-order valence-electron chi connectivity index (χ4n) is 1.96. The first-order chi connectivity index (χ1) is 7.89. The third-order valence-electron chi connectivity index (χ3n) is 2.09. The maximum absolute atomic E-state index is 12.4. The fourth-order valence-corrected chi connectivity index (χ4v) is 1.96. The molecule has 8 heteroatoms. The highest BCUT2D eigenvalue weighted by Crippen LogP contribution is 2.36. The average Bonchev–Trinajstić information content (AvgIpc) is 1.93. The van der Waals surface area contributed by atoms with Crippen LogP contribution in [-0.4, -0.2) is 37.7 Å². The molecule has 110 valence electrons. The Balaban J connectivity index is 5.14. The second-order valence-electron chi connectivity index (χ2n) is 4.60. The molecule has 0 aromatic heterocycles. The van der Waals surface area contributed by atoms with E-state index in [2.05, 4.69) is 10.1 Å². The first-order valence-electron chi connectivity index (χ1n) is 5.29. The Hall–Kier alpha value is -0.500. The van der Waals surface area contributed by atoms with Gasteiger partial charge in [0.2, 0.25) is 0 Å². The second kappa shape index (κ2) is 6.10. The summed E-state index contributed by atoms with van der Waals surface area (Å²) in [6, 6.07) is -0.523. The van der Waals surface area contributed by atoms with Crippen LogP contribution in [0.3, 0.4) is 0 Å². The number of hydrogen-bond donors (Lipinski definition) is 1. The predicted molar refractivity (Wildman–Crippen MR) is 54.2 cm³/mol. The van der Waals surface area contributed by atoms with Crippen LogP contribution >= 0.6 is 0 Å². The molecule has 0 atom stereocenters. The number of hydrogen-bond acceptors (Lipinski definition) is 2. The smallest absolute Gasteiger partial charge is 0.383 e. The molecule has 0 fully saturated rings. The van der Waals surface area contributed by atoms with Crippen molar-refractivity contribution in [2.75, 3.05) is 13.7 Å². The normalized spacial score (nSPS) is 14.3. The molecule has 2 nitrogen and oxygen atoms in total. The molecule has 0 bridgehead atoms. The minimum atomic E-state index is -4.70. The van der Waals surface area contributed by atoms with Crippen LogP contribution in [0.5, 0.6) is 0 Å². The van der Waals surface area contributed by atoms with Crippen molar-refractivity contribution in [1.82, 2.24) is 5.32 Å². The molecular weight excluding hydrogens is 264 g/mol. The van der Waals surface area contributed by atoms with Gasteiger partial charge in [0.15, 0.2) is 0 Å². The van der Waals surface area contributed by atoms with Crippen LogP contribution in [0.4, 0.5) is 26.3 Å². The molecule has 0 aliphatic rings. The molecule has 1 N–H and O–H groups in total. The van der Waals surface area contributed by atoms with Gasteiger partial charge in [-0.05, 0) is 0 Å². The highest BCUT2D eigenvalue weighted by atomic mass is 19.4. The summed E-state index contributed by atoms with van der Waals surface area (Å²) in [5.74, 6) is 0. The molecule has 18 heavy (non-hydrogen) atoms. The van der Waals surface area contributed by atoms with Crippen molar-refractivity contribution in [3.8, 4) is 0 Å². The van der Waals surface area contributed by atoms with E-state index in [1.807, 2.05) is 0 Å². The lowest BCUT2D eigenvalue weighted by Gasteiger charge is -2.37. The van der Waals surface area contributed by atoms with Gasteiger partial charge in [0, 0.05) is 13.2 Å². The maximum Gasteiger partial charge on any atom is 0.390 e. The predicted octanol–water partition coefficient (Wildman–Crippen LogP) is 3.27. The third-order valence-corrected chi connectivity index (χ3v) is 2.09. The lowest BCUT2D eigenvalue weighted by molar-refractivity contribution is -0.189. The van der Waals surface area contributed by atoms with Gasteiger partial charge in [0.25, 0.3) is 0 Å². The lowest BCUT2D eigenvalue weighted by Crippen LogP contribution is -2.56. The van der Waals surface area contributed by atoms with Gasteiger partial charge in [-0.25, -0.2) is 0 Å². The van der Waals surface area contributed by atoms with Crippen molar-refractivity contribution < 1.29 is 31.1 Å². The molecule has 0 saturated carbocycles. The van der Waals surface area contributed by atoms with Crippen molar-refractivity contribution in [3.63, 3.8) is 0 Å². The van der Waals surface area contributed by atoms with Gasteiger partial charge in [0.1, 0.15) is 0 Å². The molecule has 0 aromatic carbocycles. The van der Waals surface area contributed by atoms with E-state index in [4.69, 9.17) is 0 Å². The quantitative estimate of drug-likeness (QED) is 0.754. The maximum atomic E-state index is 12.4. The standard InChI is InChI=1S/C10H17F6NO/c1-7(2)17-8(6-18-3,4-9(11,12)13)5-10(14,15)16/h7,17H,4-6H2,1-3H3. The van der Waals surface area contributed by atoms with E-state index < -0.39 is 43.4 Å². The van der Waals surface area contributed by atoms with Crippen LogP contribution in [0.2, 0.25) is 0 Å². The summed E-state index contributed by atoms with van der Waals surface area (Å²) in [5, 5.41) is 2.34. The Morgan fingerprint density at radius 2 is 1.33 bits per heavy atom.